The molecule has 1 heterocycles. The zero-order valence-corrected chi connectivity index (χ0v) is 11.1. The Morgan fingerprint density at radius 3 is 1.86 bits per heavy atom. The molecule has 86 valence electrons. The van der Waals surface area contributed by atoms with Crippen molar-refractivity contribution >= 4 is 8.56 Å². The minimum atomic E-state index is -1.70. The fraction of sp³-hybridized carbons (Fsp3) is 1.00. The Morgan fingerprint density at radius 2 is 1.79 bits per heavy atom. The zero-order chi connectivity index (χ0) is 11.0. The van der Waals surface area contributed by atoms with Crippen LogP contribution in [0.15, 0.2) is 0 Å². The molecule has 0 spiro atoms. The van der Waals surface area contributed by atoms with Gasteiger partial charge in [-0.3, -0.25) is 0 Å². The van der Waals surface area contributed by atoms with Crippen molar-refractivity contribution in [1.82, 2.24) is 0 Å². The molecule has 0 N–H and O–H groups in total. The van der Waals surface area contributed by atoms with Crippen LogP contribution in [-0.2, 0) is 13.6 Å². The minimum Gasteiger partial charge on any atom is -0.398 e. The highest BCUT2D eigenvalue weighted by atomic mass is 28.4. The number of rotatable bonds is 5. The van der Waals surface area contributed by atoms with E-state index in [1.807, 2.05) is 0 Å². The van der Waals surface area contributed by atoms with Gasteiger partial charge in [0.2, 0.25) is 0 Å². The summed E-state index contributed by atoms with van der Waals surface area (Å²) in [5, 5.41) is 0. The van der Waals surface area contributed by atoms with Gasteiger partial charge in [0, 0.05) is 14.2 Å². The van der Waals surface area contributed by atoms with Gasteiger partial charge in [-0.25, -0.2) is 0 Å². The maximum atomic E-state index is 5.24. The van der Waals surface area contributed by atoms with E-state index >= 15 is 0 Å². The molecule has 0 saturated carbocycles. The lowest BCUT2D eigenvalue weighted by molar-refractivity contribution is 0.249. The molecule has 0 amide bonds. The summed E-state index contributed by atoms with van der Waals surface area (Å²) in [5.74, 6) is 0. The van der Waals surface area contributed by atoms with Crippen LogP contribution < -0.4 is 0 Å². The molecule has 0 aromatic carbocycles. The van der Waals surface area contributed by atoms with Gasteiger partial charge in [0.1, 0.15) is 0 Å². The predicted octanol–water partition coefficient (Wildman–Crippen LogP) is 2.56. The Labute approximate surface area is 89.0 Å². The summed E-state index contributed by atoms with van der Waals surface area (Å²) in [4.78, 5) is 0. The Hall–Kier alpha value is 0.0969. The van der Waals surface area contributed by atoms with Crippen molar-refractivity contribution in [1.29, 1.82) is 0 Å². The minimum absolute atomic E-state index is 0.634. The molecule has 1 saturated heterocycles. The number of ether oxygens (including phenoxy) is 1. The summed E-state index contributed by atoms with van der Waals surface area (Å²) >= 11 is 0. The molecule has 1 atom stereocenters. The summed E-state index contributed by atoms with van der Waals surface area (Å²) in [6.07, 6.45) is 2.97. The third kappa shape index (κ3) is 6.54. The fourth-order valence-corrected chi connectivity index (χ4v) is 2.53. The first-order valence-electron chi connectivity index (χ1n) is 5.33. The van der Waals surface area contributed by atoms with Crippen molar-refractivity contribution in [2.24, 2.45) is 0 Å². The molecule has 1 fully saturated rings. The molecule has 1 rings (SSSR count). The molecule has 1 aliphatic heterocycles. The third-order valence-electron chi connectivity index (χ3n) is 2.43. The molecule has 14 heavy (non-hydrogen) atoms. The van der Waals surface area contributed by atoms with Crippen LogP contribution in [0.1, 0.15) is 26.7 Å². The smallest absolute Gasteiger partial charge is 0.334 e. The second-order valence-corrected chi connectivity index (χ2v) is 7.24. The van der Waals surface area contributed by atoms with Gasteiger partial charge in [-0.15, -0.1) is 0 Å². The molecule has 0 radical (unpaired) electrons. The first kappa shape index (κ1) is 14.1. The number of hydrogen-bond acceptors (Lipinski definition) is 3. The van der Waals surface area contributed by atoms with E-state index in [1.165, 1.54) is 6.42 Å². The van der Waals surface area contributed by atoms with E-state index in [1.54, 1.807) is 14.2 Å². The van der Waals surface area contributed by atoms with Crippen LogP contribution in [0.5, 0.6) is 0 Å². The van der Waals surface area contributed by atoms with Crippen molar-refractivity contribution in [2.75, 3.05) is 20.8 Å². The van der Waals surface area contributed by atoms with Gasteiger partial charge in [-0.1, -0.05) is 20.3 Å². The molecule has 0 bridgehead atoms. The van der Waals surface area contributed by atoms with Crippen LogP contribution in [0.3, 0.4) is 0 Å². The maximum absolute atomic E-state index is 5.24. The molecule has 3 nitrogen and oxygen atoms in total. The molecule has 1 aliphatic rings. The van der Waals surface area contributed by atoms with E-state index in [-0.39, 0.29) is 0 Å². The van der Waals surface area contributed by atoms with Gasteiger partial charge in [0.15, 0.2) is 0 Å². The quantitative estimate of drug-likeness (QED) is 0.527. The Bertz CT molecular complexity index is 133. The van der Waals surface area contributed by atoms with E-state index in [9.17, 15) is 0 Å². The second-order valence-electron chi connectivity index (χ2n) is 3.66. The predicted molar refractivity (Wildman–Crippen MR) is 60.8 cm³/mol. The highest BCUT2D eigenvalue weighted by molar-refractivity contribution is 6.65. The van der Waals surface area contributed by atoms with Crippen molar-refractivity contribution in [3.8, 4) is 0 Å². The number of epoxide rings is 1. The molecule has 0 aliphatic carbocycles. The van der Waals surface area contributed by atoms with Crippen LogP contribution in [0, 0.1) is 0 Å². The third-order valence-corrected chi connectivity index (χ3v) is 5.56. The maximum Gasteiger partial charge on any atom is 0.334 e. The molecule has 1 unspecified atom stereocenters. The van der Waals surface area contributed by atoms with Crippen LogP contribution in [0.2, 0.25) is 12.6 Å². The van der Waals surface area contributed by atoms with Crippen molar-refractivity contribution < 1.29 is 13.6 Å². The normalized spacial score (nSPS) is 19.9. The van der Waals surface area contributed by atoms with Gasteiger partial charge in [-0.05, 0) is 19.0 Å². The summed E-state index contributed by atoms with van der Waals surface area (Å²) in [6.45, 7) is 7.37. The zero-order valence-electron chi connectivity index (χ0n) is 10.1. The van der Waals surface area contributed by atoms with Gasteiger partial charge in [-0.2, -0.15) is 0 Å². The second kappa shape index (κ2) is 7.40. The van der Waals surface area contributed by atoms with E-state index < -0.39 is 8.56 Å². The summed E-state index contributed by atoms with van der Waals surface area (Å²) in [5.41, 5.74) is 0. The Kier molecular flexibility index (Phi) is 7.45. The largest absolute Gasteiger partial charge is 0.398 e. The van der Waals surface area contributed by atoms with Gasteiger partial charge in [0.05, 0.1) is 12.7 Å². The Balaban J connectivity index is 0.000000280. The standard InChI is InChI=1S/C6H16O2Si.C4H8O/c1-5-6-9(4,7-2)8-3;1-2-4-3-5-4/h5-6H2,1-4H3;4H,2-3H2,1H3. The Morgan fingerprint density at radius 1 is 1.29 bits per heavy atom. The van der Waals surface area contributed by atoms with Crippen molar-refractivity contribution in [2.45, 2.75) is 45.4 Å². The van der Waals surface area contributed by atoms with E-state index in [4.69, 9.17) is 13.6 Å². The topological polar surface area (TPSA) is 31.0 Å². The summed E-state index contributed by atoms with van der Waals surface area (Å²) in [7, 11) is 1.76. The van der Waals surface area contributed by atoms with Crippen LogP contribution in [0.25, 0.3) is 0 Å². The lowest BCUT2D eigenvalue weighted by Gasteiger charge is -2.21. The lowest BCUT2D eigenvalue weighted by Crippen LogP contribution is -2.35. The average molecular weight is 220 g/mol. The molecule has 4 heteroatoms. The molecular weight excluding hydrogens is 196 g/mol. The highest BCUT2D eigenvalue weighted by Crippen LogP contribution is 2.12. The highest BCUT2D eigenvalue weighted by Gasteiger charge is 2.26. The van der Waals surface area contributed by atoms with Crippen molar-refractivity contribution in [3.63, 3.8) is 0 Å². The fourth-order valence-electron chi connectivity index (χ4n) is 1.05. The first-order chi connectivity index (χ1) is 6.61. The van der Waals surface area contributed by atoms with Gasteiger partial charge < -0.3 is 13.6 Å². The van der Waals surface area contributed by atoms with E-state index in [2.05, 4.69) is 20.4 Å². The summed E-state index contributed by atoms with van der Waals surface area (Å²) < 4.78 is 15.3. The average Bonchev–Trinajstić information content (AvgIpc) is 3.02. The molecule has 0 aromatic rings. The van der Waals surface area contributed by atoms with E-state index in [0.717, 1.165) is 19.1 Å². The van der Waals surface area contributed by atoms with Crippen molar-refractivity contribution in [3.05, 3.63) is 0 Å². The molecule has 0 aromatic heterocycles. The SMILES string of the molecule is CCC1CO1.CCC[Si](C)(OC)OC. The summed E-state index contributed by atoms with van der Waals surface area (Å²) in [6, 6.07) is 1.08. The van der Waals surface area contributed by atoms with Crippen LogP contribution in [0.4, 0.5) is 0 Å². The monoisotopic (exact) mass is 220 g/mol. The number of hydrogen-bond donors (Lipinski definition) is 0. The van der Waals surface area contributed by atoms with Crippen LogP contribution in [-0.4, -0.2) is 35.5 Å². The molecular formula is C10H24O3Si. The van der Waals surface area contributed by atoms with E-state index in [0.29, 0.717) is 6.10 Å². The van der Waals surface area contributed by atoms with Gasteiger partial charge in [0.25, 0.3) is 0 Å². The van der Waals surface area contributed by atoms with Gasteiger partial charge >= 0.3 is 8.56 Å². The lowest BCUT2D eigenvalue weighted by atomic mass is 10.4. The van der Waals surface area contributed by atoms with Crippen LogP contribution >= 0.6 is 0 Å². The first-order valence-corrected chi connectivity index (χ1v) is 7.86.